The number of hydrogen-bond acceptors (Lipinski definition) is 2. The average Bonchev–Trinajstić information content (AvgIpc) is 2.15. The predicted octanol–water partition coefficient (Wildman–Crippen LogP) is 2.80. The van der Waals surface area contributed by atoms with Gasteiger partial charge in [0.25, 0.3) is 5.91 Å². The van der Waals surface area contributed by atoms with Gasteiger partial charge in [-0.3, -0.25) is 9.59 Å². The molecule has 6 heteroatoms. The Labute approximate surface area is 116 Å². The van der Waals surface area contributed by atoms with Gasteiger partial charge in [-0.1, -0.05) is 15.9 Å². The highest BCUT2D eigenvalue weighted by atomic mass is 79.9. The van der Waals surface area contributed by atoms with E-state index in [4.69, 9.17) is 5.11 Å². The van der Waals surface area contributed by atoms with Crippen LogP contribution >= 0.6 is 31.9 Å². The van der Waals surface area contributed by atoms with Crippen molar-refractivity contribution < 1.29 is 14.7 Å². The van der Waals surface area contributed by atoms with Gasteiger partial charge in [-0.05, 0) is 41.1 Å². The summed E-state index contributed by atoms with van der Waals surface area (Å²) in [4.78, 5) is 22.3. The van der Waals surface area contributed by atoms with Crippen molar-refractivity contribution in [3.05, 3.63) is 32.7 Å². The van der Waals surface area contributed by atoms with E-state index < -0.39 is 12.0 Å². The lowest BCUT2D eigenvalue weighted by Gasteiger charge is -2.12. The topological polar surface area (TPSA) is 66.4 Å². The lowest BCUT2D eigenvalue weighted by molar-refractivity contribution is -0.137. The zero-order chi connectivity index (χ0) is 13.0. The largest absolute Gasteiger partial charge is 0.481 e. The van der Waals surface area contributed by atoms with Crippen molar-refractivity contribution in [3.8, 4) is 0 Å². The first-order chi connectivity index (χ1) is 7.90. The van der Waals surface area contributed by atoms with Crippen LogP contribution in [0.5, 0.6) is 0 Å². The molecule has 0 aliphatic rings. The first kappa shape index (κ1) is 14.2. The number of rotatable bonds is 4. The summed E-state index contributed by atoms with van der Waals surface area (Å²) in [6.45, 7) is 1.65. The normalized spacial score (nSPS) is 11.9. The number of halogens is 2. The van der Waals surface area contributed by atoms with E-state index in [0.717, 1.165) is 4.47 Å². The van der Waals surface area contributed by atoms with Gasteiger partial charge in [0.1, 0.15) is 0 Å². The zero-order valence-corrected chi connectivity index (χ0v) is 12.2. The number of carbonyl (C=O) groups excluding carboxylic acids is 1. The zero-order valence-electron chi connectivity index (χ0n) is 9.04. The maximum Gasteiger partial charge on any atom is 0.305 e. The number of carboxylic acids is 1. The highest BCUT2D eigenvalue weighted by molar-refractivity contribution is 9.11. The molecule has 0 heterocycles. The molecule has 1 rings (SSSR count). The van der Waals surface area contributed by atoms with Crippen molar-refractivity contribution in [2.45, 2.75) is 19.4 Å². The third-order valence-electron chi connectivity index (χ3n) is 2.03. The Morgan fingerprint density at radius 2 is 2.06 bits per heavy atom. The molecule has 0 radical (unpaired) electrons. The standard InChI is InChI=1S/C11H11Br2NO3/c1-6(4-10(15)16)14-11(17)8-3-2-7(12)5-9(8)13/h2-3,5-6H,4H2,1H3,(H,14,17)(H,15,16). The van der Waals surface area contributed by atoms with Crippen molar-refractivity contribution in [1.82, 2.24) is 5.32 Å². The SMILES string of the molecule is CC(CC(=O)O)NC(=O)c1ccc(Br)cc1Br. The van der Waals surface area contributed by atoms with Gasteiger partial charge in [0, 0.05) is 15.0 Å². The Kier molecular flexibility index (Phi) is 5.14. The van der Waals surface area contributed by atoms with Gasteiger partial charge in [0.15, 0.2) is 0 Å². The molecule has 0 fully saturated rings. The molecule has 0 aromatic heterocycles. The summed E-state index contributed by atoms with van der Waals surface area (Å²) in [5.41, 5.74) is 0.477. The third-order valence-corrected chi connectivity index (χ3v) is 3.18. The van der Waals surface area contributed by atoms with Crippen LogP contribution in [0.2, 0.25) is 0 Å². The lowest BCUT2D eigenvalue weighted by atomic mass is 10.2. The van der Waals surface area contributed by atoms with E-state index >= 15 is 0 Å². The summed E-state index contributed by atoms with van der Waals surface area (Å²) in [6.07, 6.45) is -0.0973. The minimum Gasteiger partial charge on any atom is -0.481 e. The molecule has 0 aliphatic carbocycles. The lowest BCUT2D eigenvalue weighted by Crippen LogP contribution is -2.34. The number of carboxylic acid groups (broad SMARTS) is 1. The molecule has 1 aromatic carbocycles. The van der Waals surface area contributed by atoms with Crippen LogP contribution in [-0.2, 0) is 4.79 Å². The molecule has 2 N–H and O–H groups in total. The van der Waals surface area contributed by atoms with Crippen molar-refractivity contribution in [2.75, 3.05) is 0 Å². The van der Waals surface area contributed by atoms with Crippen LogP contribution in [0, 0.1) is 0 Å². The number of nitrogens with one attached hydrogen (secondary N) is 1. The molecular weight excluding hydrogens is 354 g/mol. The average molecular weight is 365 g/mol. The van der Waals surface area contributed by atoms with E-state index in [1.807, 2.05) is 0 Å². The summed E-state index contributed by atoms with van der Waals surface area (Å²) in [7, 11) is 0. The first-order valence-corrected chi connectivity index (χ1v) is 6.46. The van der Waals surface area contributed by atoms with Gasteiger partial charge in [-0.15, -0.1) is 0 Å². The third kappa shape index (κ3) is 4.47. The molecule has 0 saturated heterocycles. The molecule has 17 heavy (non-hydrogen) atoms. The van der Waals surface area contributed by atoms with E-state index in [0.29, 0.717) is 10.0 Å². The quantitative estimate of drug-likeness (QED) is 0.863. The van der Waals surface area contributed by atoms with Crippen molar-refractivity contribution in [1.29, 1.82) is 0 Å². The Morgan fingerprint density at radius 1 is 1.41 bits per heavy atom. The summed E-state index contributed by atoms with van der Waals surface area (Å²) >= 11 is 6.57. The van der Waals surface area contributed by atoms with Crippen LogP contribution in [-0.4, -0.2) is 23.0 Å². The number of amides is 1. The fourth-order valence-corrected chi connectivity index (χ4v) is 2.52. The van der Waals surface area contributed by atoms with Gasteiger partial charge in [0.2, 0.25) is 0 Å². The van der Waals surface area contributed by atoms with Crippen LogP contribution in [0.25, 0.3) is 0 Å². The number of benzene rings is 1. The predicted molar refractivity (Wildman–Crippen MR) is 71.0 cm³/mol. The van der Waals surface area contributed by atoms with Gasteiger partial charge >= 0.3 is 5.97 Å². The second-order valence-electron chi connectivity index (χ2n) is 3.60. The van der Waals surface area contributed by atoms with E-state index in [1.165, 1.54) is 0 Å². The van der Waals surface area contributed by atoms with Crippen LogP contribution in [0.15, 0.2) is 27.1 Å². The van der Waals surface area contributed by atoms with Crippen molar-refractivity contribution in [2.24, 2.45) is 0 Å². The first-order valence-electron chi connectivity index (χ1n) is 4.88. The van der Waals surface area contributed by atoms with Crippen LogP contribution < -0.4 is 5.32 Å². The number of hydrogen-bond donors (Lipinski definition) is 2. The Balaban J connectivity index is 2.73. The fourth-order valence-electron chi connectivity index (χ4n) is 1.29. The fraction of sp³-hybridized carbons (Fsp3) is 0.273. The molecule has 0 saturated carbocycles. The summed E-state index contributed by atoms with van der Waals surface area (Å²) in [5.74, 6) is -1.23. The van der Waals surface area contributed by atoms with E-state index in [2.05, 4.69) is 37.2 Å². The molecular formula is C11H11Br2NO3. The molecule has 0 aliphatic heterocycles. The van der Waals surface area contributed by atoms with Crippen LogP contribution in [0.1, 0.15) is 23.7 Å². The number of carbonyl (C=O) groups is 2. The summed E-state index contributed by atoms with van der Waals surface area (Å²) in [5, 5.41) is 11.2. The number of aliphatic carboxylic acids is 1. The minimum absolute atomic E-state index is 0.0973. The highest BCUT2D eigenvalue weighted by Gasteiger charge is 2.14. The molecule has 0 spiro atoms. The molecule has 4 nitrogen and oxygen atoms in total. The summed E-state index contributed by atoms with van der Waals surface area (Å²) in [6, 6.07) is 4.77. The van der Waals surface area contributed by atoms with E-state index in [-0.39, 0.29) is 12.3 Å². The Bertz CT molecular complexity index is 448. The maximum atomic E-state index is 11.8. The second kappa shape index (κ2) is 6.16. The van der Waals surface area contributed by atoms with E-state index in [1.54, 1.807) is 25.1 Å². The van der Waals surface area contributed by atoms with Gasteiger partial charge in [-0.2, -0.15) is 0 Å². The molecule has 1 aromatic rings. The van der Waals surface area contributed by atoms with Gasteiger partial charge < -0.3 is 10.4 Å². The van der Waals surface area contributed by atoms with Gasteiger partial charge in [0.05, 0.1) is 12.0 Å². The van der Waals surface area contributed by atoms with E-state index in [9.17, 15) is 9.59 Å². The Hall–Kier alpha value is -0.880. The van der Waals surface area contributed by atoms with Crippen LogP contribution in [0.4, 0.5) is 0 Å². The molecule has 92 valence electrons. The van der Waals surface area contributed by atoms with Crippen LogP contribution in [0.3, 0.4) is 0 Å². The molecule has 0 bridgehead atoms. The second-order valence-corrected chi connectivity index (χ2v) is 5.37. The molecule has 1 unspecified atom stereocenters. The minimum atomic E-state index is -0.937. The molecule has 1 amide bonds. The smallest absolute Gasteiger partial charge is 0.305 e. The summed E-state index contributed by atoms with van der Waals surface area (Å²) < 4.78 is 1.52. The molecule has 1 atom stereocenters. The monoisotopic (exact) mass is 363 g/mol. The van der Waals surface area contributed by atoms with Gasteiger partial charge in [-0.25, -0.2) is 0 Å². The van der Waals surface area contributed by atoms with Crippen molar-refractivity contribution >= 4 is 43.7 Å². The maximum absolute atomic E-state index is 11.8. The van der Waals surface area contributed by atoms with Crippen molar-refractivity contribution in [3.63, 3.8) is 0 Å². The Morgan fingerprint density at radius 3 is 2.59 bits per heavy atom. The highest BCUT2D eigenvalue weighted by Crippen LogP contribution is 2.21.